The monoisotopic (exact) mass is 261 g/mol. The molecule has 2 heterocycles. The standard InChI is InChI=1S/C12H15N5O2/c1-9(18)14-6-7-17-12(19)16(2)11(15-17)10-4-3-5-13-8-10/h3-5,8H,6-7H2,1-2H3,(H,14,18). The van der Waals surface area contributed by atoms with E-state index < -0.39 is 0 Å². The minimum absolute atomic E-state index is 0.128. The Morgan fingerprint density at radius 2 is 2.26 bits per heavy atom. The second kappa shape index (κ2) is 5.47. The highest BCUT2D eigenvalue weighted by atomic mass is 16.2. The Morgan fingerprint density at radius 3 is 2.89 bits per heavy atom. The number of amides is 1. The van der Waals surface area contributed by atoms with Gasteiger partial charge in [0.25, 0.3) is 0 Å². The molecule has 0 fully saturated rings. The molecule has 0 aromatic carbocycles. The second-order valence-corrected chi connectivity index (χ2v) is 4.11. The SMILES string of the molecule is CC(=O)NCCn1nc(-c2cccnc2)n(C)c1=O. The van der Waals surface area contributed by atoms with Crippen LogP contribution in [0, 0.1) is 0 Å². The van der Waals surface area contributed by atoms with Crippen LogP contribution in [0.25, 0.3) is 11.4 Å². The number of carbonyl (C=O) groups excluding carboxylic acids is 1. The summed E-state index contributed by atoms with van der Waals surface area (Å²) in [5.74, 6) is 0.428. The molecule has 0 saturated heterocycles. The highest BCUT2D eigenvalue weighted by Gasteiger charge is 2.11. The minimum atomic E-state index is -0.218. The highest BCUT2D eigenvalue weighted by Crippen LogP contribution is 2.12. The van der Waals surface area contributed by atoms with Crippen LogP contribution in [0.1, 0.15) is 6.92 Å². The van der Waals surface area contributed by atoms with E-state index >= 15 is 0 Å². The van der Waals surface area contributed by atoms with E-state index in [0.29, 0.717) is 18.9 Å². The van der Waals surface area contributed by atoms with Crippen molar-refractivity contribution in [2.75, 3.05) is 6.54 Å². The van der Waals surface area contributed by atoms with Gasteiger partial charge >= 0.3 is 5.69 Å². The third-order valence-electron chi connectivity index (χ3n) is 2.66. The van der Waals surface area contributed by atoms with E-state index in [9.17, 15) is 9.59 Å². The van der Waals surface area contributed by atoms with Gasteiger partial charge in [0, 0.05) is 38.5 Å². The van der Waals surface area contributed by atoms with Crippen molar-refractivity contribution < 1.29 is 4.79 Å². The first-order chi connectivity index (χ1) is 9.09. The first kappa shape index (κ1) is 13.0. The van der Waals surface area contributed by atoms with E-state index in [1.807, 2.05) is 6.07 Å². The summed E-state index contributed by atoms with van der Waals surface area (Å²) < 4.78 is 2.79. The van der Waals surface area contributed by atoms with Gasteiger partial charge in [0.05, 0.1) is 6.54 Å². The fourth-order valence-electron chi connectivity index (χ4n) is 1.72. The molecule has 0 saturated carbocycles. The van der Waals surface area contributed by atoms with E-state index in [-0.39, 0.29) is 11.6 Å². The number of hydrogen-bond donors (Lipinski definition) is 1. The normalized spacial score (nSPS) is 10.4. The van der Waals surface area contributed by atoms with Crippen LogP contribution < -0.4 is 11.0 Å². The number of rotatable bonds is 4. The summed E-state index contributed by atoms with van der Waals surface area (Å²) in [5, 5.41) is 6.88. The molecular formula is C12H15N5O2. The van der Waals surface area contributed by atoms with Crippen molar-refractivity contribution in [3.8, 4) is 11.4 Å². The summed E-state index contributed by atoms with van der Waals surface area (Å²) in [4.78, 5) is 26.8. The number of hydrogen-bond acceptors (Lipinski definition) is 4. The third-order valence-corrected chi connectivity index (χ3v) is 2.66. The molecule has 1 amide bonds. The summed E-state index contributed by atoms with van der Waals surface area (Å²) in [5.41, 5.74) is 0.560. The van der Waals surface area contributed by atoms with Gasteiger partial charge < -0.3 is 5.32 Å². The van der Waals surface area contributed by atoms with Crippen LogP contribution >= 0.6 is 0 Å². The predicted molar refractivity (Wildman–Crippen MR) is 69.4 cm³/mol. The maximum Gasteiger partial charge on any atom is 0.345 e. The lowest BCUT2D eigenvalue weighted by Crippen LogP contribution is -2.30. The first-order valence-corrected chi connectivity index (χ1v) is 5.88. The summed E-state index contributed by atoms with van der Waals surface area (Å²) in [6.45, 7) is 2.15. The average molecular weight is 261 g/mol. The molecule has 0 spiro atoms. The van der Waals surface area contributed by atoms with E-state index in [4.69, 9.17) is 0 Å². The zero-order chi connectivity index (χ0) is 13.8. The zero-order valence-corrected chi connectivity index (χ0v) is 10.8. The predicted octanol–water partition coefficient (Wildman–Crippen LogP) is -0.220. The van der Waals surface area contributed by atoms with Gasteiger partial charge in [-0.1, -0.05) is 0 Å². The van der Waals surface area contributed by atoms with Crippen molar-refractivity contribution in [2.24, 2.45) is 7.05 Å². The van der Waals surface area contributed by atoms with Crippen molar-refractivity contribution in [2.45, 2.75) is 13.5 Å². The summed E-state index contributed by atoms with van der Waals surface area (Å²) in [7, 11) is 1.66. The Hall–Kier alpha value is -2.44. The number of aromatic nitrogens is 4. The minimum Gasteiger partial charge on any atom is -0.354 e. The molecule has 1 N–H and O–H groups in total. The van der Waals surface area contributed by atoms with Gasteiger partial charge in [-0.25, -0.2) is 9.48 Å². The van der Waals surface area contributed by atoms with Gasteiger partial charge in [-0.2, -0.15) is 0 Å². The Morgan fingerprint density at radius 1 is 1.47 bits per heavy atom. The largest absolute Gasteiger partial charge is 0.354 e. The fourth-order valence-corrected chi connectivity index (χ4v) is 1.72. The smallest absolute Gasteiger partial charge is 0.345 e. The third kappa shape index (κ3) is 2.87. The van der Waals surface area contributed by atoms with Crippen LogP contribution in [0.3, 0.4) is 0 Å². The Balaban J connectivity index is 2.24. The van der Waals surface area contributed by atoms with Gasteiger partial charge in [0.2, 0.25) is 5.91 Å². The summed E-state index contributed by atoms with van der Waals surface area (Å²) >= 11 is 0. The molecule has 0 radical (unpaired) electrons. The Bertz CT molecular complexity index is 629. The number of pyridine rings is 1. The second-order valence-electron chi connectivity index (χ2n) is 4.11. The molecule has 2 rings (SSSR count). The van der Waals surface area contributed by atoms with Gasteiger partial charge in [-0.15, -0.1) is 5.10 Å². The van der Waals surface area contributed by atoms with Crippen LogP contribution in [-0.4, -0.2) is 31.8 Å². The molecule has 0 atom stereocenters. The van der Waals surface area contributed by atoms with E-state index in [2.05, 4.69) is 15.4 Å². The van der Waals surface area contributed by atoms with Crippen molar-refractivity contribution in [3.63, 3.8) is 0 Å². The first-order valence-electron chi connectivity index (χ1n) is 5.88. The van der Waals surface area contributed by atoms with Crippen LogP contribution in [0.4, 0.5) is 0 Å². The number of nitrogens with one attached hydrogen (secondary N) is 1. The Kier molecular flexibility index (Phi) is 3.74. The molecule has 0 bridgehead atoms. The van der Waals surface area contributed by atoms with Crippen molar-refractivity contribution in [3.05, 3.63) is 35.0 Å². The highest BCUT2D eigenvalue weighted by molar-refractivity contribution is 5.72. The van der Waals surface area contributed by atoms with Gasteiger partial charge in [0.15, 0.2) is 5.82 Å². The molecule has 100 valence electrons. The molecule has 7 heteroatoms. The molecule has 19 heavy (non-hydrogen) atoms. The maximum absolute atomic E-state index is 12.0. The lowest BCUT2D eigenvalue weighted by atomic mass is 10.3. The number of carbonyl (C=O) groups is 1. The zero-order valence-electron chi connectivity index (χ0n) is 10.8. The lowest BCUT2D eigenvalue weighted by molar-refractivity contribution is -0.118. The molecular weight excluding hydrogens is 246 g/mol. The van der Waals surface area contributed by atoms with Crippen LogP contribution in [-0.2, 0) is 18.4 Å². The summed E-state index contributed by atoms with van der Waals surface area (Å²) in [6, 6.07) is 3.63. The summed E-state index contributed by atoms with van der Waals surface area (Å²) in [6.07, 6.45) is 3.31. The molecule has 0 aliphatic rings. The number of nitrogens with zero attached hydrogens (tertiary/aromatic N) is 4. The quantitative estimate of drug-likeness (QED) is 0.825. The molecule has 2 aromatic rings. The van der Waals surface area contributed by atoms with Gasteiger partial charge in [-0.3, -0.25) is 14.3 Å². The van der Waals surface area contributed by atoms with Crippen LogP contribution in [0.2, 0.25) is 0 Å². The van der Waals surface area contributed by atoms with E-state index in [1.165, 1.54) is 16.2 Å². The van der Waals surface area contributed by atoms with Crippen LogP contribution in [0.15, 0.2) is 29.3 Å². The van der Waals surface area contributed by atoms with E-state index in [1.54, 1.807) is 25.5 Å². The Labute approximate surface area is 109 Å². The van der Waals surface area contributed by atoms with Gasteiger partial charge in [-0.05, 0) is 12.1 Å². The van der Waals surface area contributed by atoms with Crippen LogP contribution in [0.5, 0.6) is 0 Å². The fraction of sp³-hybridized carbons (Fsp3) is 0.333. The topological polar surface area (TPSA) is 81.8 Å². The van der Waals surface area contributed by atoms with Gasteiger partial charge in [0.1, 0.15) is 0 Å². The van der Waals surface area contributed by atoms with Crippen molar-refractivity contribution in [1.29, 1.82) is 0 Å². The molecule has 7 nitrogen and oxygen atoms in total. The maximum atomic E-state index is 12.0. The van der Waals surface area contributed by atoms with Crippen molar-refractivity contribution >= 4 is 5.91 Å². The molecule has 0 unspecified atom stereocenters. The van der Waals surface area contributed by atoms with Crippen molar-refractivity contribution in [1.82, 2.24) is 24.6 Å². The average Bonchev–Trinajstić information content (AvgIpc) is 2.68. The lowest BCUT2D eigenvalue weighted by Gasteiger charge is -2.00. The molecule has 0 aliphatic heterocycles. The molecule has 0 aliphatic carbocycles. The molecule has 2 aromatic heterocycles. The van der Waals surface area contributed by atoms with E-state index in [0.717, 1.165) is 5.56 Å².